The van der Waals surface area contributed by atoms with Gasteiger partial charge in [0.05, 0.1) is 6.10 Å². The number of amides is 2. The molecule has 23 heavy (non-hydrogen) atoms. The van der Waals surface area contributed by atoms with E-state index >= 15 is 0 Å². The van der Waals surface area contributed by atoms with Gasteiger partial charge in [-0.15, -0.1) is 0 Å². The summed E-state index contributed by atoms with van der Waals surface area (Å²) in [4.78, 5) is 25.2. The predicted octanol–water partition coefficient (Wildman–Crippen LogP) is 1.72. The number of hydrogen-bond donors (Lipinski definition) is 2. The molecule has 2 rings (SSSR count). The molecule has 5 nitrogen and oxygen atoms in total. The number of hydrogen-bond acceptors (Lipinski definition) is 3. The van der Waals surface area contributed by atoms with Crippen LogP contribution in [-0.2, 0) is 11.3 Å². The van der Waals surface area contributed by atoms with E-state index in [1.165, 1.54) is 6.08 Å². The lowest BCUT2D eigenvalue weighted by Gasteiger charge is -2.23. The quantitative estimate of drug-likeness (QED) is 0.785. The molecule has 0 aliphatic heterocycles. The van der Waals surface area contributed by atoms with E-state index in [9.17, 15) is 14.7 Å². The van der Waals surface area contributed by atoms with E-state index in [2.05, 4.69) is 11.9 Å². The van der Waals surface area contributed by atoms with Gasteiger partial charge in [0.2, 0.25) is 5.91 Å². The fourth-order valence-corrected chi connectivity index (χ4v) is 2.91. The van der Waals surface area contributed by atoms with Crippen molar-refractivity contribution in [1.82, 2.24) is 10.2 Å². The summed E-state index contributed by atoms with van der Waals surface area (Å²) in [6.45, 7) is 4.38. The van der Waals surface area contributed by atoms with Crippen LogP contribution in [0.3, 0.4) is 0 Å². The second-order valence-corrected chi connectivity index (χ2v) is 6.06. The highest BCUT2D eigenvalue weighted by molar-refractivity contribution is 5.94. The summed E-state index contributed by atoms with van der Waals surface area (Å²) in [7, 11) is 1.77. The molecule has 2 amide bonds. The van der Waals surface area contributed by atoms with Crippen molar-refractivity contribution in [2.75, 3.05) is 13.6 Å². The van der Waals surface area contributed by atoms with Gasteiger partial charge in [0.1, 0.15) is 0 Å². The molecule has 1 aromatic rings. The van der Waals surface area contributed by atoms with E-state index in [-0.39, 0.29) is 23.8 Å². The van der Waals surface area contributed by atoms with E-state index in [1.807, 2.05) is 12.1 Å². The normalized spacial score (nSPS) is 20.1. The van der Waals surface area contributed by atoms with Crippen LogP contribution in [0.5, 0.6) is 0 Å². The highest BCUT2D eigenvalue weighted by Crippen LogP contribution is 2.26. The molecule has 1 fully saturated rings. The number of carbonyl (C=O) groups is 2. The van der Waals surface area contributed by atoms with E-state index < -0.39 is 0 Å². The lowest BCUT2D eigenvalue weighted by Crippen LogP contribution is -2.34. The lowest BCUT2D eigenvalue weighted by molar-refractivity contribution is -0.116. The molecule has 1 saturated carbocycles. The van der Waals surface area contributed by atoms with E-state index in [0.717, 1.165) is 24.8 Å². The Bertz CT molecular complexity index is 568. The topological polar surface area (TPSA) is 69.6 Å². The van der Waals surface area contributed by atoms with Gasteiger partial charge in [-0.1, -0.05) is 25.1 Å². The van der Waals surface area contributed by atoms with Crippen molar-refractivity contribution in [3.63, 3.8) is 0 Å². The Morgan fingerprint density at radius 3 is 2.61 bits per heavy atom. The summed E-state index contributed by atoms with van der Waals surface area (Å²) in [5.41, 5.74) is 1.53. The van der Waals surface area contributed by atoms with Gasteiger partial charge >= 0.3 is 0 Å². The molecule has 0 spiro atoms. The van der Waals surface area contributed by atoms with Gasteiger partial charge < -0.3 is 15.3 Å². The average molecular weight is 316 g/mol. The Morgan fingerprint density at radius 1 is 1.35 bits per heavy atom. The first-order chi connectivity index (χ1) is 11.0. The molecule has 0 bridgehead atoms. The van der Waals surface area contributed by atoms with Crippen LogP contribution in [0.1, 0.15) is 35.2 Å². The fraction of sp³-hybridized carbons (Fsp3) is 0.444. The van der Waals surface area contributed by atoms with Gasteiger partial charge in [-0.2, -0.15) is 0 Å². The van der Waals surface area contributed by atoms with Gasteiger partial charge in [0.25, 0.3) is 5.91 Å². The van der Waals surface area contributed by atoms with Crippen LogP contribution in [0, 0.1) is 5.92 Å². The lowest BCUT2D eigenvalue weighted by atomic mass is 10.0. The minimum absolute atomic E-state index is 0.0502. The Morgan fingerprint density at radius 2 is 2.04 bits per heavy atom. The molecule has 0 heterocycles. The monoisotopic (exact) mass is 316 g/mol. The Hall–Kier alpha value is -2.14. The standard InChI is InChI=1S/C18H24N2O3/c1-3-17(22)19-11-13-7-9-14(10-8-13)18(23)20(2)12-15-5-4-6-16(15)21/h3,7-10,15-16,21H,1,4-6,11-12H2,2H3,(H,19,22). The zero-order valence-electron chi connectivity index (χ0n) is 13.5. The fourth-order valence-electron chi connectivity index (χ4n) is 2.91. The first-order valence-electron chi connectivity index (χ1n) is 7.94. The highest BCUT2D eigenvalue weighted by atomic mass is 16.3. The van der Waals surface area contributed by atoms with Crippen LogP contribution >= 0.6 is 0 Å². The first kappa shape index (κ1) is 17.2. The van der Waals surface area contributed by atoms with Crippen molar-refractivity contribution in [3.8, 4) is 0 Å². The zero-order chi connectivity index (χ0) is 16.8. The van der Waals surface area contributed by atoms with Crippen molar-refractivity contribution in [1.29, 1.82) is 0 Å². The molecule has 0 aromatic heterocycles. The number of nitrogens with zero attached hydrogens (tertiary/aromatic N) is 1. The number of rotatable bonds is 6. The summed E-state index contributed by atoms with van der Waals surface area (Å²) in [6.07, 6.45) is 3.77. The van der Waals surface area contributed by atoms with E-state index in [0.29, 0.717) is 18.7 Å². The second-order valence-electron chi connectivity index (χ2n) is 6.06. The third kappa shape index (κ3) is 4.66. The van der Waals surface area contributed by atoms with Crippen molar-refractivity contribution in [2.24, 2.45) is 5.92 Å². The summed E-state index contributed by atoms with van der Waals surface area (Å²) in [5, 5.41) is 12.6. The van der Waals surface area contributed by atoms with Crippen LogP contribution in [-0.4, -0.2) is 41.5 Å². The van der Waals surface area contributed by atoms with E-state index in [1.54, 1.807) is 24.1 Å². The van der Waals surface area contributed by atoms with Gasteiger partial charge in [0.15, 0.2) is 0 Å². The summed E-state index contributed by atoms with van der Waals surface area (Å²) in [5.74, 6) is -0.0943. The van der Waals surface area contributed by atoms with Gasteiger partial charge in [-0.3, -0.25) is 9.59 Å². The Kier molecular flexibility index (Phi) is 5.93. The number of nitrogens with one attached hydrogen (secondary N) is 1. The van der Waals surface area contributed by atoms with Crippen molar-refractivity contribution >= 4 is 11.8 Å². The Labute approximate surface area is 137 Å². The van der Waals surface area contributed by atoms with Crippen molar-refractivity contribution in [2.45, 2.75) is 31.9 Å². The van der Waals surface area contributed by atoms with Crippen LogP contribution in [0.25, 0.3) is 0 Å². The molecule has 0 radical (unpaired) electrons. The van der Waals surface area contributed by atoms with Crippen molar-refractivity contribution in [3.05, 3.63) is 48.0 Å². The molecule has 1 aliphatic rings. The zero-order valence-corrected chi connectivity index (χ0v) is 13.5. The summed E-state index contributed by atoms with van der Waals surface area (Å²) < 4.78 is 0. The third-order valence-electron chi connectivity index (χ3n) is 4.33. The minimum atomic E-state index is -0.291. The maximum absolute atomic E-state index is 12.4. The molecular weight excluding hydrogens is 292 g/mol. The van der Waals surface area contributed by atoms with Crippen LogP contribution in [0.2, 0.25) is 0 Å². The highest BCUT2D eigenvalue weighted by Gasteiger charge is 2.27. The van der Waals surface area contributed by atoms with Gasteiger partial charge in [-0.25, -0.2) is 0 Å². The molecule has 2 atom stereocenters. The molecule has 2 N–H and O–H groups in total. The molecule has 1 aromatic carbocycles. The summed E-state index contributed by atoms with van der Waals surface area (Å²) in [6, 6.07) is 7.18. The smallest absolute Gasteiger partial charge is 0.253 e. The van der Waals surface area contributed by atoms with Crippen molar-refractivity contribution < 1.29 is 14.7 Å². The maximum atomic E-state index is 12.4. The first-order valence-corrected chi connectivity index (χ1v) is 7.94. The van der Waals surface area contributed by atoms with E-state index in [4.69, 9.17) is 0 Å². The summed E-state index contributed by atoms with van der Waals surface area (Å²) >= 11 is 0. The van der Waals surface area contributed by atoms with Crippen LogP contribution in [0.15, 0.2) is 36.9 Å². The number of carbonyl (C=O) groups excluding carboxylic acids is 2. The molecule has 1 aliphatic carbocycles. The van der Waals surface area contributed by atoms with Gasteiger partial charge in [0, 0.05) is 31.6 Å². The van der Waals surface area contributed by atoms with Crippen LogP contribution in [0.4, 0.5) is 0 Å². The maximum Gasteiger partial charge on any atom is 0.253 e. The molecule has 124 valence electrons. The second kappa shape index (κ2) is 7.92. The average Bonchev–Trinajstić information content (AvgIpc) is 2.97. The molecular formula is C18H24N2O3. The predicted molar refractivity (Wildman–Crippen MR) is 88.8 cm³/mol. The number of aliphatic hydroxyl groups excluding tert-OH is 1. The third-order valence-corrected chi connectivity index (χ3v) is 4.33. The molecule has 0 saturated heterocycles. The largest absolute Gasteiger partial charge is 0.393 e. The number of aliphatic hydroxyl groups is 1. The molecule has 5 heteroatoms. The number of benzene rings is 1. The SMILES string of the molecule is C=CC(=O)NCc1ccc(C(=O)N(C)CC2CCCC2O)cc1. The Balaban J connectivity index is 1.91. The molecule has 2 unspecified atom stereocenters. The van der Waals surface area contributed by atoms with Gasteiger partial charge in [-0.05, 0) is 36.6 Å². The minimum Gasteiger partial charge on any atom is -0.393 e. The van der Waals surface area contributed by atoms with Crippen LogP contribution < -0.4 is 5.32 Å².